The van der Waals surface area contributed by atoms with Crippen LogP contribution in [0.1, 0.15) is 5.56 Å². The lowest BCUT2D eigenvalue weighted by molar-refractivity contribution is 0.624. The van der Waals surface area contributed by atoms with Crippen LogP contribution in [0.4, 0.5) is 23.4 Å². The highest BCUT2D eigenvalue weighted by Gasteiger charge is 2.21. The molecule has 2 aromatic heterocycles. The molecule has 9 heteroatoms. The van der Waals surface area contributed by atoms with E-state index in [0.29, 0.717) is 16.8 Å². The predicted molar refractivity (Wildman–Crippen MR) is 106 cm³/mol. The monoisotopic (exact) mass is 382 g/mol. The zero-order chi connectivity index (χ0) is 18.6. The van der Waals surface area contributed by atoms with Crippen molar-refractivity contribution in [3.63, 3.8) is 0 Å². The standard InChI is InChI=1S/C18H19ClN8/c1-13-14(19)4-2-5-15(13)23-16-12-22-25-18(24-16)27-10-8-26(9-11-27)17-20-6-3-7-21-17/h2-7,12H,8-11H2,1H3,(H,23,24,25). The van der Waals surface area contributed by atoms with Gasteiger partial charge in [-0.15, -0.1) is 5.10 Å². The fraction of sp³-hybridized carbons (Fsp3) is 0.278. The number of benzene rings is 1. The Balaban J connectivity index is 1.45. The Kier molecular flexibility index (Phi) is 4.97. The predicted octanol–water partition coefficient (Wildman–Crippen LogP) is 2.69. The van der Waals surface area contributed by atoms with E-state index < -0.39 is 0 Å². The summed E-state index contributed by atoms with van der Waals surface area (Å²) in [7, 11) is 0. The molecule has 1 saturated heterocycles. The van der Waals surface area contributed by atoms with Gasteiger partial charge in [-0.3, -0.25) is 0 Å². The summed E-state index contributed by atoms with van der Waals surface area (Å²) in [6, 6.07) is 7.54. The Hall–Kier alpha value is -3.00. The Morgan fingerprint density at radius 3 is 2.41 bits per heavy atom. The van der Waals surface area contributed by atoms with Gasteiger partial charge < -0.3 is 15.1 Å². The summed E-state index contributed by atoms with van der Waals surface area (Å²) in [4.78, 5) is 17.5. The van der Waals surface area contributed by atoms with Crippen molar-refractivity contribution >= 4 is 35.0 Å². The third kappa shape index (κ3) is 3.90. The van der Waals surface area contributed by atoms with Crippen LogP contribution in [0.3, 0.4) is 0 Å². The maximum atomic E-state index is 6.19. The number of hydrogen-bond donors (Lipinski definition) is 1. The fourth-order valence-electron chi connectivity index (χ4n) is 2.93. The van der Waals surface area contributed by atoms with E-state index in [0.717, 1.165) is 43.4 Å². The van der Waals surface area contributed by atoms with Crippen LogP contribution >= 0.6 is 11.6 Å². The average Bonchev–Trinajstić information content (AvgIpc) is 2.72. The molecule has 1 aromatic carbocycles. The molecule has 3 aromatic rings. The van der Waals surface area contributed by atoms with Crippen molar-refractivity contribution in [2.24, 2.45) is 0 Å². The first-order valence-electron chi connectivity index (χ1n) is 8.69. The highest BCUT2D eigenvalue weighted by Crippen LogP contribution is 2.25. The molecular formula is C18H19ClN8. The molecule has 0 aliphatic carbocycles. The SMILES string of the molecule is Cc1c(Cl)cccc1Nc1cnnc(N2CCN(c3ncccn3)CC2)n1. The van der Waals surface area contributed by atoms with Gasteiger partial charge in [0.1, 0.15) is 0 Å². The molecule has 8 nitrogen and oxygen atoms in total. The molecule has 0 radical (unpaired) electrons. The first-order valence-corrected chi connectivity index (χ1v) is 9.07. The van der Waals surface area contributed by atoms with Gasteiger partial charge in [0.15, 0.2) is 5.82 Å². The second-order valence-electron chi connectivity index (χ2n) is 6.20. The molecule has 3 heterocycles. The minimum Gasteiger partial charge on any atom is -0.339 e. The molecule has 1 aliphatic heterocycles. The number of nitrogens with zero attached hydrogens (tertiary/aromatic N) is 7. The fourth-order valence-corrected chi connectivity index (χ4v) is 3.10. The molecule has 1 N–H and O–H groups in total. The maximum absolute atomic E-state index is 6.19. The Labute approximate surface area is 162 Å². The third-order valence-corrected chi connectivity index (χ3v) is 4.89. The van der Waals surface area contributed by atoms with Gasteiger partial charge in [0.05, 0.1) is 6.20 Å². The maximum Gasteiger partial charge on any atom is 0.247 e. The first kappa shape index (κ1) is 17.4. The lowest BCUT2D eigenvalue weighted by Crippen LogP contribution is -2.47. The summed E-state index contributed by atoms with van der Waals surface area (Å²) >= 11 is 6.19. The Morgan fingerprint density at radius 2 is 1.67 bits per heavy atom. The number of halogens is 1. The summed E-state index contributed by atoms with van der Waals surface area (Å²) in [5, 5.41) is 12.3. The van der Waals surface area contributed by atoms with Crippen molar-refractivity contribution in [3.8, 4) is 0 Å². The van der Waals surface area contributed by atoms with Gasteiger partial charge in [-0.05, 0) is 30.7 Å². The van der Waals surface area contributed by atoms with E-state index >= 15 is 0 Å². The van der Waals surface area contributed by atoms with Gasteiger partial charge in [0.25, 0.3) is 0 Å². The van der Waals surface area contributed by atoms with E-state index in [1.165, 1.54) is 0 Å². The van der Waals surface area contributed by atoms with Crippen LogP contribution in [0.25, 0.3) is 0 Å². The molecule has 0 saturated carbocycles. The van der Waals surface area contributed by atoms with E-state index in [4.69, 9.17) is 11.6 Å². The second kappa shape index (κ2) is 7.71. The number of rotatable bonds is 4. The Bertz CT molecular complexity index is 912. The summed E-state index contributed by atoms with van der Waals surface area (Å²) in [5.74, 6) is 2.00. The quantitative estimate of drug-likeness (QED) is 0.737. The second-order valence-corrected chi connectivity index (χ2v) is 6.61. The first-order chi connectivity index (χ1) is 13.2. The topological polar surface area (TPSA) is 83.0 Å². The van der Waals surface area contributed by atoms with Crippen LogP contribution in [0.5, 0.6) is 0 Å². The van der Waals surface area contributed by atoms with Crippen LogP contribution in [0.2, 0.25) is 5.02 Å². The molecule has 1 aliphatic rings. The molecule has 0 spiro atoms. The van der Waals surface area contributed by atoms with Crippen molar-refractivity contribution in [1.82, 2.24) is 25.1 Å². The van der Waals surface area contributed by atoms with Crippen molar-refractivity contribution in [2.75, 3.05) is 41.3 Å². The normalized spacial score (nSPS) is 14.3. The summed E-state index contributed by atoms with van der Waals surface area (Å²) in [6.07, 6.45) is 5.13. The van der Waals surface area contributed by atoms with Gasteiger partial charge in [0, 0.05) is 49.3 Å². The van der Waals surface area contributed by atoms with Crippen LogP contribution in [0.15, 0.2) is 42.9 Å². The smallest absolute Gasteiger partial charge is 0.247 e. The van der Waals surface area contributed by atoms with E-state index in [1.807, 2.05) is 31.2 Å². The lowest BCUT2D eigenvalue weighted by atomic mass is 10.2. The van der Waals surface area contributed by atoms with Crippen LogP contribution in [-0.2, 0) is 0 Å². The van der Waals surface area contributed by atoms with Crippen LogP contribution in [-0.4, -0.2) is 51.3 Å². The lowest BCUT2D eigenvalue weighted by Gasteiger charge is -2.34. The number of nitrogens with one attached hydrogen (secondary N) is 1. The molecule has 0 atom stereocenters. The average molecular weight is 383 g/mol. The molecule has 0 bridgehead atoms. The van der Waals surface area contributed by atoms with E-state index in [2.05, 4.69) is 40.3 Å². The number of anilines is 4. The van der Waals surface area contributed by atoms with Gasteiger partial charge in [0.2, 0.25) is 11.9 Å². The highest BCUT2D eigenvalue weighted by atomic mass is 35.5. The van der Waals surface area contributed by atoms with E-state index in [-0.39, 0.29) is 0 Å². The van der Waals surface area contributed by atoms with Crippen LogP contribution < -0.4 is 15.1 Å². The number of piperazine rings is 1. The molecular weight excluding hydrogens is 364 g/mol. The molecule has 0 unspecified atom stereocenters. The largest absolute Gasteiger partial charge is 0.339 e. The van der Waals surface area contributed by atoms with Gasteiger partial charge >= 0.3 is 0 Å². The minimum absolute atomic E-state index is 0.605. The third-order valence-electron chi connectivity index (χ3n) is 4.48. The molecule has 4 rings (SSSR count). The van der Waals surface area contributed by atoms with E-state index in [9.17, 15) is 0 Å². The number of aromatic nitrogens is 5. The van der Waals surface area contributed by atoms with Crippen molar-refractivity contribution in [1.29, 1.82) is 0 Å². The summed E-state index contributed by atoms with van der Waals surface area (Å²) in [6.45, 7) is 5.13. The zero-order valence-corrected chi connectivity index (χ0v) is 15.6. The minimum atomic E-state index is 0.605. The molecule has 0 amide bonds. The van der Waals surface area contributed by atoms with Gasteiger partial charge in [-0.1, -0.05) is 17.7 Å². The van der Waals surface area contributed by atoms with Gasteiger partial charge in [-0.25, -0.2) is 9.97 Å². The van der Waals surface area contributed by atoms with Gasteiger partial charge in [-0.2, -0.15) is 10.1 Å². The highest BCUT2D eigenvalue weighted by molar-refractivity contribution is 6.31. The summed E-state index contributed by atoms with van der Waals surface area (Å²) in [5.41, 5.74) is 1.87. The van der Waals surface area contributed by atoms with E-state index in [1.54, 1.807) is 18.6 Å². The van der Waals surface area contributed by atoms with Crippen molar-refractivity contribution in [2.45, 2.75) is 6.92 Å². The van der Waals surface area contributed by atoms with Crippen LogP contribution in [0, 0.1) is 6.92 Å². The Morgan fingerprint density at radius 1 is 0.963 bits per heavy atom. The van der Waals surface area contributed by atoms with Crippen molar-refractivity contribution < 1.29 is 0 Å². The number of hydrogen-bond acceptors (Lipinski definition) is 8. The zero-order valence-electron chi connectivity index (χ0n) is 14.9. The summed E-state index contributed by atoms with van der Waals surface area (Å²) < 4.78 is 0. The van der Waals surface area contributed by atoms with Crippen molar-refractivity contribution in [3.05, 3.63) is 53.4 Å². The molecule has 138 valence electrons. The molecule has 1 fully saturated rings. The molecule has 27 heavy (non-hydrogen) atoms.